The van der Waals surface area contributed by atoms with Gasteiger partial charge in [-0.25, -0.2) is 15.0 Å². The highest BCUT2D eigenvalue weighted by Gasteiger charge is 2.46. The number of hydrogen-bond acceptors (Lipinski definition) is 15. The van der Waals surface area contributed by atoms with Gasteiger partial charge in [0.15, 0.2) is 5.82 Å². The lowest BCUT2D eigenvalue weighted by atomic mass is 9.81. The number of carbonyl (C=O) groups is 3. The number of aryl methyl sites for hydroxylation is 1. The first-order valence-electron chi connectivity index (χ1n) is 25.7. The summed E-state index contributed by atoms with van der Waals surface area (Å²) in [6.07, 6.45) is 10.8. The molecule has 18 heteroatoms. The van der Waals surface area contributed by atoms with Crippen molar-refractivity contribution in [1.29, 1.82) is 0 Å². The Kier molecular flexibility index (Phi) is 14.2. The molecule has 4 aliphatic heterocycles. The maximum atomic E-state index is 14.3. The first-order chi connectivity index (χ1) is 34.7. The topological polar surface area (TPSA) is 219 Å². The predicted octanol–water partition coefficient (Wildman–Crippen LogP) is 6.06. The molecular weight excluding hydrogens is 929 g/mol. The molecule has 2 bridgehead atoms. The monoisotopic (exact) mass is 997 g/mol. The van der Waals surface area contributed by atoms with Crippen LogP contribution in [0.15, 0.2) is 72.5 Å². The quantitative estimate of drug-likeness (QED) is 0.0961. The van der Waals surface area contributed by atoms with Crippen LogP contribution in [0.25, 0.3) is 21.7 Å². The van der Waals surface area contributed by atoms with Crippen LogP contribution in [0.5, 0.6) is 5.75 Å². The Labute approximate surface area is 425 Å². The molecular formula is C54H68N12O5S. The zero-order valence-electron chi connectivity index (χ0n) is 41.8. The van der Waals surface area contributed by atoms with Crippen LogP contribution in [0.1, 0.15) is 101 Å². The molecule has 1 aliphatic carbocycles. The second kappa shape index (κ2) is 20.7. The number of phenols is 1. The van der Waals surface area contributed by atoms with E-state index in [1.807, 2.05) is 88.1 Å². The number of hydrogen-bond donors (Lipinski definition) is 5. The molecule has 72 heavy (non-hydrogen) atoms. The van der Waals surface area contributed by atoms with Crippen LogP contribution in [-0.4, -0.2) is 132 Å². The third-order valence-electron chi connectivity index (χ3n) is 16.0. The minimum absolute atomic E-state index is 0.0372. The third kappa shape index (κ3) is 10.4. The van der Waals surface area contributed by atoms with E-state index in [-0.39, 0.29) is 61.0 Å². The minimum atomic E-state index is -0.856. The number of aromatic nitrogens is 5. The first kappa shape index (κ1) is 49.3. The smallest absolute Gasteiger partial charge is 0.246 e. The first-order valence-corrected chi connectivity index (χ1v) is 26.6. The normalized spacial score (nSPS) is 24.3. The van der Waals surface area contributed by atoms with Gasteiger partial charge in [-0.3, -0.25) is 14.4 Å². The number of benzene rings is 2. The number of phenolic OH excluding ortho intramolecular Hbond substituents is 1. The molecule has 2 unspecified atom stereocenters. The summed E-state index contributed by atoms with van der Waals surface area (Å²) in [6.45, 7) is 11.6. The number of nitrogen functional groups attached to an aromatic ring is 1. The number of nitrogens with two attached hydrogens (primary N) is 1. The molecule has 5 fully saturated rings. The van der Waals surface area contributed by atoms with Crippen molar-refractivity contribution in [3.63, 3.8) is 0 Å². The third-order valence-corrected chi connectivity index (χ3v) is 16.9. The highest BCUT2D eigenvalue weighted by Crippen LogP contribution is 2.40. The van der Waals surface area contributed by atoms with Crippen molar-refractivity contribution in [2.24, 2.45) is 11.3 Å². The number of fused-ring (bicyclic) bond motifs is 2. The standard InChI is InChI=1S/C54H68N12O5S/c1-32-47(72-31-59-32)35-11-9-33(10-12-35)25-56-51(70)45-23-41(67)30-65(45)52(71)48(54(2,3)4)60-50(69)36-13-15-38(16-14-36)63-21-19-34(20-22-63)37-26-57-53(58-27-37)66-39-17-18-40(66)29-64(28-39)44-24-43(61-62-49(44)55)42-7-5-6-8-46(42)68/h5-12,24,26-27,31,34,36,38-41,45,48,67-68H,13-23,25,28-30H2,1-4H3,(H2,55,62)(H,56,70)(H,60,69)/t36-,38-,39?,40?,41-,45-,48+/m0/s1. The molecule has 5 atom stereocenters. The van der Waals surface area contributed by atoms with Crippen LogP contribution < -0.4 is 26.2 Å². The number of para-hydroxylation sites is 1. The van der Waals surface area contributed by atoms with Crippen LogP contribution in [0, 0.1) is 18.3 Å². The van der Waals surface area contributed by atoms with E-state index >= 15 is 0 Å². The number of carbonyl (C=O) groups excluding carboxylic acids is 3. The molecule has 0 radical (unpaired) electrons. The second-order valence-corrected chi connectivity index (χ2v) is 22.6. The Hall–Kier alpha value is -6.24. The van der Waals surface area contributed by atoms with Gasteiger partial charge >= 0.3 is 0 Å². The molecule has 380 valence electrons. The number of piperidine rings is 1. The summed E-state index contributed by atoms with van der Waals surface area (Å²) in [5.41, 5.74) is 13.8. The van der Waals surface area contributed by atoms with Gasteiger partial charge in [-0.05, 0) is 118 Å². The number of piperazine rings is 1. The van der Waals surface area contributed by atoms with E-state index in [1.54, 1.807) is 23.5 Å². The zero-order valence-corrected chi connectivity index (χ0v) is 42.6. The van der Waals surface area contributed by atoms with Crippen molar-refractivity contribution in [3.8, 4) is 27.4 Å². The van der Waals surface area contributed by atoms with Gasteiger partial charge in [-0.1, -0.05) is 57.2 Å². The number of aliphatic hydroxyl groups is 1. The van der Waals surface area contributed by atoms with Gasteiger partial charge in [0.2, 0.25) is 23.7 Å². The number of nitrogens with zero attached hydrogens (tertiary/aromatic N) is 9. The van der Waals surface area contributed by atoms with Gasteiger partial charge in [0.1, 0.15) is 17.8 Å². The Morgan fingerprint density at radius 1 is 0.847 bits per heavy atom. The maximum absolute atomic E-state index is 14.3. The van der Waals surface area contributed by atoms with Gasteiger partial charge in [0.25, 0.3) is 0 Å². The molecule has 5 aliphatic rings. The van der Waals surface area contributed by atoms with Gasteiger partial charge in [0, 0.05) is 74.6 Å². The summed E-state index contributed by atoms with van der Waals surface area (Å²) < 4.78 is 0. The molecule has 3 amide bonds. The Morgan fingerprint density at radius 3 is 2.18 bits per heavy atom. The van der Waals surface area contributed by atoms with Gasteiger partial charge in [0.05, 0.1) is 33.6 Å². The largest absolute Gasteiger partial charge is 0.507 e. The average molecular weight is 997 g/mol. The molecule has 1 saturated carbocycles. The van der Waals surface area contributed by atoms with Gasteiger partial charge in [-0.2, -0.15) is 0 Å². The summed E-state index contributed by atoms with van der Waals surface area (Å²) in [5, 5.41) is 35.8. The minimum Gasteiger partial charge on any atom is -0.507 e. The molecule has 2 aromatic carbocycles. The number of anilines is 3. The average Bonchev–Trinajstić information content (AvgIpc) is 4.08. The van der Waals surface area contributed by atoms with Gasteiger partial charge < -0.3 is 46.2 Å². The van der Waals surface area contributed by atoms with Crippen molar-refractivity contribution >= 4 is 46.5 Å². The number of rotatable bonds is 12. The fraction of sp³-hybridized carbons (Fsp3) is 0.519. The maximum Gasteiger partial charge on any atom is 0.246 e. The van der Waals surface area contributed by atoms with Crippen molar-refractivity contribution < 1.29 is 24.6 Å². The summed E-state index contributed by atoms with van der Waals surface area (Å²) in [6, 6.07) is 16.2. The SMILES string of the molecule is Cc1ncsc1-c1ccc(CNC(=O)[C@@H]2C[C@H](O)CN2C(=O)[C@@H](NC(=O)[C@H]2CC[C@H](N3CCC(c4cnc(N5C6CCC5CN(c5cc(-c7ccccc7O)nnc5N)C6)nc4)CC3)CC2)C(C)(C)C)cc1. The number of aromatic hydroxyl groups is 1. The highest BCUT2D eigenvalue weighted by atomic mass is 32.1. The van der Waals surface area contributed by atoms with E-state index in [2.05, 4.69) is 40.5 Å². The van der Waals surface area contributed by atoms with E-state index in [4.69, 9.17) is 15.7 Å². The summed E-state index contributed by atoms with van der Waals surface area (Å²) >= 11 is 1.59. The summed E-state index contributed by atoms with van der Waals surface area (Å²) in [4.78, 5) is 66.0. The van der Waals surface area contributed by atoms with E-state index in [9.17, 15) is 24.6 Å². The van der Waals surface area contributed by atoms with Gasteiger partial charge in [-0.15, -0.1) is 21.5 Å². The van der Waals surface area contributed by atoms with Crippen LogP contribution in [0.2, 0.25) is 0 Å². The zero-order chi connectivity index (χ0) is 50.3. The fourth-order valence-electron chi connectivity index (χ4n) is 11.9. The van der Waals surface area contributed by atoms with Crippen LogP contribution in [-0.2, 0) is 20.9 Å². The fourth-order valence-corrected chi connectivity index (χ4v) is 12.7. The second-order valence-electron chi connectivity index (χ2n) is 21.7. The van der Waals surface area contributed by atoms with E-state index < -0.39 is 23.6 Å². The van der Waals surface area contributed by atoms with Crippen LogP contribution in [0.4, 0.5) is 17.5 Å². The molecule has 4 saturated heterocycles. The lowest BCUT2D eigenvalue weighted by molar-refractivity contribution is -0.144. The van der Waals surface area contributed by atoms with E-state index in [1.165, 1.54) is 10.5 Å². The molecule has 5 aromatic rings. The molecule has 3 aromatic heterocycles. The number of β-amino-alcohol motifs (C(OH)–C–C–N with tert-alkyl or cyclic N) is 1. The lowest BCUT2D eigenvalue weighted by Gasteiger charge is -2.42. The molecule has 17 nitrogen and oxygen atoms in total. The number of nitrogens with one attached hydrogen (secondary N) is 2. The highest BCUT2D eigenvalue weighted by molar-refractivity contribution is 7.13. The Bertz CT molecular complexity index is 2720. The van der Waals surface area contributed by atoms with E-state index in [0.717, 1.165) is 111 Å². The Morgan fingerprint density at radius 2 is 1.53 bits per heavy atom. The molecule has 6 N–H and O–H groups in total. The molecule has 10 rings (SSSR count). The van der Waals surface area contributed by atoms with Crippen LogP contribution >= 0.6 is 11.3 Å². The van der Waals surface area contributed by atoms with Crippen LogP contribution in [0.3, 0.4) is 0 Å². The number of aliphatic hydroxyl groups excluding tert-OH is 1. The molecule has 0 spiro atoms. The van der Waals surface area contributed by atoms with E-state index in [0.29, 0.717) is 29.0 Å². The molecule has 7 heterocycles. The Balaban J connectivity index is 0.686. The van der Waals surface area contributed by atoms with Crippen molar-refractivity contribution in [2.75, 3.05) is 48.3 Å². The summed E-state index contributed by atoms with van der Waals surface area (Å²) in [7, 11) is 0. The predicted molar refractivity (Wildman–Crippen MR) is 278 cm³/mol. The number of likely N-dealkylation sites (tertiary alicyclic amines) is 2. The summed E-state index contributed by atoms with van der Waals surface area (Å²) in [5.74, 6) is 0.708. The number of amides is 3. The van der Waals surface area contributed by atoms with Crippen molar-refractivity contribution in [3.05, 3.63) is 89.3 Å². The van der Waals surface area contributed by atoms with Crippen molar-refractivity contribution in [2.45, 2.75) is 134 Å². The lowest BCUT2D eigenvalue weighted by Crippen LogP contribution is -2.58. The number of thiazole rings is 1. The van der Waals surface area contributed by atoms with Crippen molar-refractivity contribution in [1.82, 2.24) is 45.6 Å².